The van der Waals surface area contributed by atoms with Crippen LogP contribution in [0.15, 0.2) is 0 Å². The van der Waals surface area contributed by atoms with Gasteiger partial charge in [-0.05, 0) is 19.3 Å². The van der Waals surface area contributed by atoms with Crippen molar-refractivity contribution in [2.75, 3.05) is 13.1 Å². The molecule has 7 amide bonds. The fourth-order valence-corrected chi connectivity index (χ4v) is 3.70. The number of likely N-dealkylation sites (tertiary alicyclic amines) is 1. The highest BCUT2D eigenvalue weighted by molar-refractivity contribution is 6.20. The first-order valence-electron chi connectivity index (χ1n) is 10.1. The van der Waals surface area contributed by atoms with E-state index in [0.717, 1.165) is 44.9 Å². The Morgan fingerprint density at radius 3 is 2.14 bits per heavy atom. The largest absolute Gasteiger partial charge is 0.328 e. The van der Waals surface area contributed by atoms with Crippen LogP contribution in [0.1, 0.15) is 71.1 Å². The Labute approximate surface area is 165 Å². The van der Waals surface area contributed by atoms with Crippen LogP contribution in [0.3, 0.4) is 0 Å². The van der Waals surface area contributed by atoms with Gasteiger partial charge >= 0.3 is 12.1 Å². The summed E-state index contributed by atoms with van der Waals surface area (Å²) in [6.07, 6.45) is 7.15. The van der Waals surface area contributed by atoms with Gasteiger partial charge in [0.25, 0.3) is 0 Å². The Kier molecular flexibility index (Phi) is 7.95. The Bertz CT molecular complexity index is 608. The molecule has 0 aromatic heterocycles. The van der Waals surface area contributed by atoms with E-state index in [1.54, 1.807) is 0 Å². The van der Waals surface area contributed by atoms with E-state index >= 15 is 0 Å². The molecule has 0 bridgehead atoms. The highest BCUT2D eigenvalue weighted by Crippen LogP contribution is 2.32. The molecule has 0 atom stereocenters. The van der Waals surface area contributed by atoms with E-state index in [9.17, 15) is 24.0 Å². The summed E-state index contributed by atoms with van der Waals surface area (Å²) >= 11 is 0. The summed E-state index contributed by atoms with van der Waals surface area (Å²) in [4.78, 5) is 62.5. The van der Waals surface area contributed by atoms with Crippen LogP contribution in [0, 0.1) is 5.41 Å². The fraction of sp³-hybridized carbons (Fsp3) is 0.737. The van der Waals surface area contributed by atoms with Crippen molar-refractivity contribution in [3.63, 3.8) is 0 Å². The number of unbranched alkanes of at least 4 members (excludes halogenated alkanes) is 5. The van der Waals surface area contributed by atoms with Gasteiger partial charge in [-0.15, -0.1) is 0 Å². The first-order chi connectivity index (χ1) is 13.4. The van der Waals surface area contributed by atoms with E-state index in [2.05, 4.69) is 22.9 Å². The lowest BCUT2D eigenvalue weighted by atomic mass is 9.76. The second-order valence-corrected chi connectivity index (χ2v) is 7.56. The van der Waals surface area contributed by atoms with E-state index in [4.69, 9.17) is 0 Å². The van der Waals surface area contributed by atoms with Gasteiger partial charge in [-0.2, -0.15) is 0 Å². The monoisotopic (exact) mass is 394 g/mol. The second kappa shape index (κ2) is 10.2. The quantitative estimate of drug-likeness (QED) is 0.406. The lowest BCUT2D eigenvalue weighted by Gasteiger charge is -2.33. The van der Waals surface area contributed by atoms with Crippen LogP contribution in [0.2, 0.25) is 0 Å². The highest BCUT2D eigenvalue weighted by atomic mass is 16.2. The number of hydrogen-bond donors (Lipinski definition) is 3. The molecule has 0 saturated carbocycles. The number of imide groups is 3. The van der Waals surface area contributed by atoms with Crippen LogP contribution in [0.4, 0.5) is 9.59 Å². The standard InChI is InChI=1S/C19H30N4O5/c1-2-3-4-5-6-7-10-19(15(25)21-17(27)22-16(19)26)13-14(24)20-18(28)23-11-8-9-12-23/h2-13H2,1H3,(H,20,24,28)(H2,21,22,25,26,27). The molecule has 0 aliphatic carbocycles. The smallest absolute Gasteiger partial charge is 0.324 e. The van der Waals surface area contributed by atoms with Crippen LogP contribution < -0.4 is 16.0 Å². The van der Waals surface area contributed by atoms with Crippen LogP contribution in [-0.4, -0.2) is 47.8 Å². The summed E-state index contributed by atoms with van der Waals surface area (Å²) in [5.41, 5.74) is -1.67. The molecule has 0 aromatic carbocycles. The van der Waals surface area contributed by atoms with E-state index in [-0.39, 0.29) is 6.42 Å². The zero-order valence-electron chi connectivity index (χ0n) is 16.5. The van der Waals surface area contributed by atoms with E-state index < -0.39 is 41.6 Å². The number of hydrogen-bond acceptors (Lipinski definition) is 5. The average Bonchev–Trinajstić information content (AvgIpc) is 3.17. The normalized spacial score (nSPS) is 18.6. The Morgan fingerprint density at radius 2 is 1.54 bits per heavy atom. The average molecular weight is 394 g/mol. The van der Waals surface area contributed by atoms with Crippen molar-refractivity contribution < 1.29 is 24.0 Å². The summed E-state index contributed by atoms with van der Waals surface area (Å²) in [6.45, 7) is 3.28. The Morgan fingerprint density at radius 1 is 0.964 bits per heavy atom. The molecule has 2 heterocycles. The number of carbonyl (C=O) groups is 5. The molecular formula is C19H30N4O5. The molecule has 156 valence electrons. The molecule has 28 heavy (non-hydrogen) atoms. The topological polar surface area (TPSA) is 125 Å². The molecule has 2 rings (SSSR count). The Balaban J connectivity index is 2.00. The van der Waals surface area contributed by atoms with Gasteiger partial charge in [0.1, 0.15) is 5.41 Å². The van der Waals surface area contributed by atoms with Gasteiger partial charge in [0.05, 0.1) is 6.42 Å². The molecule has 0 radical (unpaired) electrons. The Hall–Kier alpha value is -2.45. The van der Waals surface area contributed by atoms with E-state index in [1.807, 2.05) is 0 Å². The number of urea groups is 2. The predicted molar refractivity (Wildman–Crippen MR) is 101 cm³/mol. The minimum Gasteiger partial charge on any atom is -0.324 e. The summed E-state index contributed by atoms with van der Waals surface area (Å²) in [7, 11) is 0. The second-order valence-electron chi connectivity index (χ2n) is 7.56. The number of nitrogens with one attached hydrogen (secondary N) is 3. The number of rotatable bonds is 9. The molecule has 0 unspecified atom stereocenters. The number of nitrogens with zero attached hydrogens (tertiary/aromatic N) is 1. The van der Waals surface area contributed by atoms with Crippen LogP contribution in [-0.2, 0) is 14.4 Å². The van der Waals surface area contributed by atoms with Gasteiger partial charge in [-0.1, -0.05) is 45.4 Å². The van der Waals surface area contributed by atoms with Crippen molar-refractivity contribution in [2.24, 2.45) is 5.41 Å². The van der Waals surface area contributed by atoms with Crippen molar-refractivity contribution >= 4 is 29.8 Å². The van der Waals surface area contributed by atoms with Crippen LogP contribution in [0.5, 0.6) is 0 Å². The fourth-order valence-electron chi connectivity index (χ4n) is 3.70. The van der Waals surface area contributed by atoms with E-state index in [1.165, 1.54) is 4.90 Å². The molecule has 9 heteroatoms. The molecule has 2 fully saturated rings. The maximum Gasteiger partial charge on any atom is 0.328 e. The first-order valence-corrected chi connectivity index (χ1v) is 10.1. The van der Waals surface area contributed by atoms with Crippen molar-refractivity contribution in [2.45, 2.75) is 71.1 Å². The van der Waals surface area contributed by atoms with Gasteiger partial charge in [0, 0.05) is 13.1 Å². The lowest BCUT2D eigenvalue weighted by Crippen LogP contribution is -2.63. The van der Waals surface area contributed by atoms with Crippen molar-refractivity contribution in [1.82, 2.24) is 20.9 Å². The number of amides is 7. The highest BCUT2D eigenvalue weighted by Gasteiger charge is 2.51. The zero-order valence-corrected chi connectivity index (χ0v) is 16.5. The first kappa shape index (κ1) is 21.8. The summed E-state index contributed by atoms with van der Waals surface area (Å²) in [6, 6.07) is -1.40. The molecule has 0 spiro atoms. The molecule has 2 aliphatic rings. The molecular weight excluding hydrogens is 364 g/mol. The van der Waals surface area contributed by atoms with Gasteiger partial charge < -0.3 is 4.90 Å². The van der Waals surface area contributed by atoms with Gasteiger partial charge in [0.15, 0.2) is 0 Å². The molecule has 2 aliphatic heterocycles. The third kappa shape index (κ3) is 5.53. The van der Waals surface area contributed by atoms with Crippen LogP contribution in [0.25, 0.3) is 0 Å². The van der Waals surface area contributed by atoms with Gasteiger partial charge in [-0.25, -0.2) is 9.59 Å². The number of barbiturate groups is 1. The predicted octanol–water partition coefficient (Wildman–Crippen LogP) is 1.81. The summed E-state index contributed by atoms with van der Waals surface area (Å²) in [5.74, 6) is -2.25. The van der Waals surface area contributed by atoms with Crippen molar-refractivity contribution in [3.05, 3.63) is 0 Å². The van der Waals surface area contributed by atoms with E-state index in [0.29, 0.717) is 19.5 Å². The third-order valence-electron chi connectivity index (χ3n) is 5.38. The minimum absolute atomic E-state index is 0.148. The lowest BCUT2D eigenvalue weighted by molar-refractivity contribution is -0.148. The molecule has 9 nitrogen and oxygen atoms in total. The third-order valence-corrected chi connectivity index (χ3v) is 5.38. The minimum atomic E-state index is -1.67. The SMILES string of the molecule is CCCCCCCCC1(CC(=O)NC(=O)N2CCCC2)C(=O)NC(=O)NC1=O. The molecule has 0 aromatic rings. The maximum absolute atomic E-state index is 12.5. The van der Waals surface area contributed by atoms with Crippen molar-refractivity contribution in [1.29, 1.82) is 0 Å². The number of carbonyl (C=O) groups excluding carboxylic acids is 5. The van der Waals surface area contributed by atoms with Crippen molar-refractivity contribution in [3.8, 4) is 0 Å². The molecule has 2 saturated heterocycles. The molecule has 3 N–H and O–H groups in total. The van der Waals surface area contributed by atoms with Gasteiger partial charge in [-0.3, -0.25) is 30.3 Å². The zero-order chi connectivity index (χ0) is 20.6. The van der Waals surface area contributed by atoms with Gasteiger partial charge in [0.2, 0.25) is 17.7 Å². The summed E-state index contributed by atoms with van der Waals surface area (Å²) < 4.78 is 0. The summed E-state index contributed by atoms with van der Waals surface area (Å²) in [5, 5.41) is 6.45. The maximum atomic E-state index is 12.5. The van der Waals surface area contributed by atoms with Crippen LogP contribution >= 0.6 is 0 Å².